The van der Waals surface area contributed by atoms with Gasteiger partial charge in [0.05, 0.1) is 15.1 Å². The van der Waals surface area contributed by atoms with Gasteiger partial charge in [-0.2, -0.15) is 0 Å². The van der Waals surface area contributed by atoms with Crippen molar-refractivity contribution in [3.63, 3.8) is 0 Å². The third-order valence-corrected chi connectivity index (χ3v) is 3.54. The molecule has 0 aliphatic carbocycles. The molecule has 0 saturated carbocycles. The lowest BCUT2D eigenvalue weighted by molar-refractivity contribution is 0.446. The summed E-state index contributed by atoms with van der Waals surface area (Å²) in [7, 11) is 0. The van der Waals surface area contributed by atoms with Crippen LogP contribution in [0.1, 0.15) is 11.1 Å². The predicted molar refractivity (Wildman–Crippen MR) is 70.3 cm³/mol. The second kappa shape index (κ2) is 5.61. The van der Waals surface area contributed by atoms with Gasteiger partial charge in [-0.1, -0.05) is 34.8 Å². The second-order valence-corrected chi connectivity index (χ2v) is 4.93. The van der Waals surface area contributed by atoms with Crippen molar-refractivity contribution in [1.29, 1.82) is 0 Å². The summed E-state index contributed by atoms with van der Waals surface area (Å²) in [5.74, 6) is -4.04. The van der Waals surface area contributed by atoms with Gasteiger partial charge < -0.3 is 0 Å². The molecule has 1 radical (unpaired) electrons. The average Bonchev–Trinajstić information content (AvgIpc) is 2.33. The Morgan fingerprint density at radius 3 is 1.63 bits per heavy atom. The predicted octanol–water partition coefficient (Wildman–Crippen LogP) is 5.66. The van der Waals surface area contributed by atoms with E-state index in [1.54, 1.807) is 0 Å². The molecule has 0 aromatic heterocycles. The van der Waals surface area contributed by atoms with Crippen LogP contribution in [-0.2, 0) is 0 Å². The minimum Gasteiger partial charge on any atom is -0.204 e. The number of rotatable bonds is 2. The van der Waals surface area contributed by atoms with Crippen molar-refractivity contribution < 1.29 is 13.2 Å². The minimum atomic E-state index is -1.51. The Labute approximate surface area is 122 Å². The maximum atomic E-state index is 13.1. The molecule has 0 aliphatic heterocycles. The molecule has 6 heteroatoms. The summed E-state index contributed by atoms with van der Waals surface area (Å²) in [4.78, 5) is 0. The normalized spacial score (nSPS) is 10.8. The first-order valence-electron chi connectivity index (χ1n) is 5.02. The van der Waals surface area contributed by atoms with Gasteiger partial charge in [0.15, 0.2) is 17.5 Å². The molecule has 0 amide bonds. The molecule has 0 spiro atoms. The topological polar surface area (TPSA) is 0 Å². The lowest BCUT2D eigenvalue weighted by Crippen LogP contribution is -1.95. The largest absolute Gasteiger partial charge is 0.204 e. The molecule has 0 saturated heterocycles. The summed E-state index contributed by atoms with van der Waals surface area (Å²) < 4.78 is 38.9. The standard InChI is InChI=1S/C13H5Cl3F3/c14-8-2-6(3-9(15)12(8)16)1-7-4-10(17)13(19)11(18)5-7/h1-5H. The number of benzene rings is 2. The van der Waals surface area contributed by atoms with Crippen LogP contribution in [0, 0.1) is 23.9 Å². The van der Waals surface area contributed by atoms with Crippen LogP contribution in [0.5, 0.6) is 0 Å². The van der Waals surface area contributed by atoms with E-state index in [0.717, 1.165) is 12.1 Å². The maximum absolute atomic E-state index is 13.1. The van der Waals surface area contributed by atoms with Gasteiger partial charge in [0.25, 0.3) is 0 Å². The van der Waals surface area contributed by atoms with Crippen LogP contribution in [0.25, 0.3) is 0 Å². The summed E-state index contributed by atoms with van der Waals surface area (Å²) in [5.41, 5.74) is 0.635. The van der Waals surface area contributed by atoms with Gasteiger partial charge in [-0.3, -0.25) is 0 Å². The molecule has 0 bridgehead atoms. The van der Waals surface area contributed by atoms with Gasteiger partial charge in [0.1, 0.15) is 0 Å². The third-order valence-electron chi connectivity index (χ3n) is 2.35. The van der Waals surface area contributed by atoms with Gasteiger partial charge >= 0.3 is 0 Å². The highest BCUT2D eigenvalue weighted by molar-refractivity contribution is 6.48. The molecular weight excluding hydrogens is 319 g/mol. The molecule has 2 rings (SSSR count). The molecule has 2 aromatic rings. The van der Waals surface area contributed by atoms with Crippen molar-refractivity contribution in [3.8, 4) is 0 Å². The first-order valence-corrected chi connectivity index (χ1v) is 6.15. The van der Waals surface area contributed by atoms with Gasteiger partial charge in [-0.05, 0) is 35.4 Å². The number of hydrogen-bond donors (Lipinski definition) is 0. The van der Waals surface area contributed by atoms with Crippen molar-refractivity contribution in [3.05, 3.63) is 74.3 Å². The Kier molecular flexibility index (Phi) is 4.29. The third kappa shape index (κ3) is 3.16. The molecular formula is C13H5Cl3F3. The fraction of sp³-hybridized carbons (Fsp3) is 0. The van der Waals surface area contributed by atoms with E-state index < -0.39 is 17.5 Å². The van der Waals surface area contributed by atoms with Gasteiger partial charge in [-0.25, -0.2) is 13.2 Å². The number of halogens is 6. The van der Waals surface area contributed by atoms with E-state index in [-0.39, 0.29) is 20.6 Å². The van der Waals surface area contributed by atoms with Crippen molar-refractivity contribution in [2.24, 2.45) is 0 Å². The van der Waals surface area contributed by atoms with Gasteiger partial charge in [0, 0.05) is 6.42 Å². The summed E-state index contributed by atoms with van der Waals surface area (Å²) in [6.45, 7) is 0. The van der Waals surface area contributed by atoms with E-state index in [4.69, 9.17) is 34.8 Å². The maximum Gasteiger partial charge on any atom is 0.194 e. The van der Waals surface area contributed by atoms with Crippen molar-refractivity contribution in [2.75, 3.05) is 0 Å². The molecule has 0 nitrogen and oxygen atoms in total. The zero-order valence-corrected chi connectivity index (χ0v) is 11.4. The van der Waals surface area contributed by atoms with Crippen molar-refractivity contribution in [1.82, 2.24) is 0 Å². The number of hydrogen-bond acceptors (Lipinski definition) is 0. The Morgan fingerprint density at radius 2 is 1.16 bits per heavy atom. The van der Waals surface area contributed by atoms with Crippen LogP contribution in [-0.4, -0.2) is 0 Å². The molecule has 0 aliphatic rings. The highest BCUT2D eigenvalue weighted by Gasteiger charge is 2.12. The quantitative estimate of drug-likeness (QED) is 0.625. The molecule has 0 atom stereocenters. The fourth-order valence-electron chi connectivity index (χ4n) is 1.51. The van der Waals surface area contributed by atoms with Crippen LogP contribution < -0.4 is 0 Å². The van der Waals surface area contributed by atoms with E-state index in [0.29, 0.717) is 5.56 Å². The first-order chi connectivity index (χ1) is 8.88. The fourth-order valence-corrected chi connectivity index (χ4v) is 2.12. The lowest BCUT2D eigenvalue weighted by Gasteiger charge is -2.06. The van der Waals surface area contributed by atoms with Crippen molar-refractivity contribution in [2.45, 2.75) is 0 Å². The first kappa shape index (κ1) is 14.5. The van der Waals surface area contributed by atoms with E-state index in [9.17, 15) is 13.2 Å². The molecule has 0 fully saturated rings. The van der Waals surface area contributed by atoms with E-state index in [1.165, 1.54) is 18.6 Å². The summed E-state index contributed by atoms with van der Waals surface area (Å²) in [6, 6.07) is 4.70. The van der Waals surface area contributed by atoms with E-state index >= 15 is 0 Å². The minimum absolute atomic E-state index is 0.144. The Morgan fingerprint density at radius 1 is 0.737 bits per heavy atom. The monoisotopic (exact) mass is 323 g/mol. The molecule has 0 heterocycles. The summed E-state index contributed by atoms with van der Waals surface area (Å²) in [5, 5.41) is 0.615. The SMILES string of the molecule is Fc1cc([CH]c2cc(Cl)c(Cl)c(Cl)c2)cc(F)c1F. The van der Waals surface area contributed by atoms with E-state index in [2.05, 4.69) is 0 Å². The van der Waals surface area contributed by atoms with Crippen molar-refractivity contribution >= 4 is 34.8 Å². The highest BCUT2D eigenvalue weighted by atomic mass is 35.5. The van der Waals surface area contributed by atoms with Crippen LogP contribution in [0.2, 0.25) is 15.1 Å². The van der Waals surface area contributed by atoms with Crippen LogP contribution in [0.3, 0.4) is 0 Å². The second-order valence-electron chi connectivity index (χ2n) is 3.74. The molecule has 19 heavy (non-hydrogen) atoms. The van der Waals surface area contributed by atoms with Crippen LogP contribution >= 0.6 is 34.8 Å². The summed E-state index contributed by atoms with van der Waals surface area (Å²) in [6.07, 6.45) is 1.40. The molecule has 0 N–H and O–H groups in total. The average molecular weight is 325 g/mol. The smallest absolute Gasteiger partial charge is 0.194 e. The Balaban J connectivity index is 2.36. The molecule has 2 aromatic carbocycles. The lowest BCUT2D eigenvalue weighted by atomic mass is 10.0. The van der Waals surface area contributed by atoms with Gasteiger partial charge in [0.2, 0.25) is 0 Å². The summed E-state index contributed by atoms with van der Waals surface area (Å²) >= 11 is 17.4. The van der Waals surface area contributed by atoms with Gasteiger partial charge in [-0.15, -0.1) is 0 Å². The Hall–Kier alpha value is -0.900. The van der Waals surface area contributed by atoms with E-state index in [1.807, 2.05) is 0 Å². The zero-order chi connectivity index (χ0) is 14.2. The van der Waals surface area contributed by atoms with Crippen LogP contribution in [0.4, 0.5) is 13.2 Å². The zero-order valence-electron chi connectivity index (χ0n) is 9.15. The van der Waals surface area contributed by atoms with Crippen LogP contribution in [0.15, 0.2) is 24.3 Å². The highest BCUT2D eigenvalue weighted by Crippen LogP contribution is 2.32. The Bertz CT molecular complexity index is 540. The molecule has 99 valence electrons. The molecule has 0 unspecified atom stereocenters.